The third-order valence-electron chi connectivity index (χ3n) is 3.69. The van der Waals surface area contributed by atoms with E-state index in [9.17, 15) is 44.1 Å². The Kier molecular flexibility index (Phi) is 7.23. The van der Waals surface area contributed by atoms with Gasteiger partial charge in [0.1, 0.15) is 27.6 Å². The number of benzene rings is 1. The molecule has 30 heavy (non-hydrogen) atoms. The molecule has 0 spiro atoms. The van der Waals surface area contributed by atoms with E-state index < -0.39 is 70.1 Å². The second kappa shape index (κ2) is 9.12. The molecule has 0 saturated heterocycles. The van der Waals surface area contributed by atoms with Crippen molar-refractivity contribution in [3.63, 3.8) is 0 Å². The zero-order chi connectivity index (χ0) is 22.8. The van der Waals surface area contributed by atoms with Gasteiger partial charge in [-0.15, -0.1) is 0 Å². The summed E-state index contributed by atoms with van der Waals surface area (Å²) in [6, 6.07) is -0.254. The van der Waals surface area contributed by atoms with Crippen molar-refractivity contribution in [1.29, 1.82) is 0 Å². The van der Waals surface area contributed by atoms with Crippen LogP contribution < -0.4 is 10.0 Å². The molecule has 0 aliphatic rings. The predicted octanol–water partition coefficient (Wildman–Crippen LogP) is 3.99. The first-order valence-electron chi connectivity index (χ1n) is 7.99. The van der Waals surface area contributed by atoms with Gasteiger partial charge in [0.25, 0.3) is 12.3 Å². The molecule has 2 unspecified atom stereocenters. The van der Waals surface area contributed by atoms with Crippen molar-refractivity contribution in [2.45, 2.75) is 37.0 Å². The molecule has 0 bridgehead atoms. The maximum Gasteiger partial charge on any atom is 0.404 e. The Bertz CT molecular complexity index is 961. The third-order valence-corrected chi connectivity index (χ3v) is 4.94. The van der Waals surface area contributed by atoms with Gasteiger partial charge in [-0.1, -0.05) is 0 Å². The lowest BCUT2D eigenvalue weighted by Gasteiger charge is -2.15. The highest BCUT2D eigenvalue weighted by Crippen LogP contribution is 2.25. The van der Waals surface area contributed by atoms with Crippen molar-refractivity contribution in [3.8, 4) is 0 Å². The number of anilines is 1. The minimum atomic E-state index is -4.83. The van der Waals surface area contributed by atoms with Crippen molar-refractivity contribution in [2.24, 2.45) is 0 Å². The van der Waals surface area contributed by atoms with Gasteiger partial charge < -0.3 is 9.88 Å². The smallest absolute Gasteiger partial charge is 0.334 e. The van der Waals surface area contributed by atoms with Crippen molar-refractivity contribution in [1.82, 2.24) is 9.29 Å². The summed E-state index contributed by atoms with van der Waals surface area (Å²) in [5, 5.41) is 1.95. The molecule has 5 nitrogen and oxygen atoms in total. The summed E-state index contributed by atoms with van der Waals surface area (Å²) in [5.41, 5.74) is -1.43. The summed E-state index contributed by atoms with van der Waals surface area (Å²) in [7, 11) is -2.85. The average Bonchev–Trinajstić information content (AvgIpc) is 2.92. The summed E-state index contributed by atoms with van der Waals surface area (Å²) < 4.78 is 118. The van der Waals surface area contributed by atoms with E-state index in [2.05, 4.69) is 0 Å². The van der Waals surface area contributed by atoms with Crippen molar-refractivity contribution in [3.05, 3.63) is 47.5 Å². The average molecular weight is 463 g/mol. The Balaban J connectivity index is 2.38. The molecule has 2 aromatic rings. The molecule has 1 aromatic heterocycles. The van der Waals surface area contributed by atoms with Gasteiger partial charge in [0.15, 0.2) is 17.5 Å². The predicted molar refractivity (Wildman–Crippen MR) is 89.8 cm³/mol. The number of alkyl halides is 5. The van der Waals surface area contributed by atoms with Crippen LogP contribution in [-0.2, 0) is 17.5 Å². The van der Waals surface area contributed by atoms with Gasteiger partial charge in [0.2, 0.25) is 0 Å². The quantitative estimate of drug-likeness (QED) is 0.611. The third kappa shape index (κ3) is 5.56. The topological polar surface area (TPSA) is 63.1 Å². The van der Waals surface area contributed by atoms with Crippen LogP contribution in [0.25, 0.3) is 0 Å². The van der Waals surface area contributed by atoms with E-state index in [1.54, 1.807) is 4.72 Å². The number of carbonyl (C=O) groups excluding carboxylic acids is 1. The van der Waals surface area contributed by atoms with Crippen LogP contribution in [0.3, 0.4) is 0 Å². The molecule has 0 radical (unpaired) electrons. The van der Waals surface area contributed by atoms with Crippen LogP contribution in [0, 0.1) is 17.5 Å². The molecular formula is C16H13F8N3O2S. The van der Waals surface area contributed by atoms with Crippen molar-refractivity contribution in [2.75, 3.05) is 5.32 Å². The summed E-state index contributed by atoms with van der Waals surface area (Å²) in [4.78, 5) is 11.3. The van der Waals surface area contributed by atoms with Crippen LogP contribution in [0.15, 0.2) is 29.3 Å². The molecule has 2 atom stereocenters. The molecule has 0 aliphatic carbocycles. The zero-order valence-electron chi connectivity index (χ0n) is 14.9. The monoisotopic (exact) mass is 463 g/mol. The summed E-state index contributed by atoms with van der Waals surface area (Å²) in [6.07, 6.45) is -7.42. The SMILES string of the molecule is CC(NS(=O)c1cn(CC(F)F)c(C(=O)Nc2ccc(F)c(F)c2)c1F)C(F)(F)F. The molecule has 0 aliphatic heterocycles. The lowest BCUT2D eigenvalue weighted by Crippen LogP contribution is -2.40. The van der Waals surface area contributed by atoms with Crippen molar-refractivity contribution < 1.29 is 44.1 Å². The minimum Gasteiger partial charge on any atom is -0.334 e. The number of nitrogens with zero attached hydrogens (tertiary/aromatic N) is 1. The summed E-state index contributed by atoms with van der Waals surface area (Å²) in [5.74, 6) is -5.62. The van der Waals surface area contributed by atoms with Crippen LogP contribution in [0.1, 0.15) is 17.4 Å². The highest BCUT2D eigenvalue weighted by molar-refractivity contribution is 7.83. The minimum absolute atomic E-state index is 0.352. The molecule has 2 rings (SSSR count). The van der Waals surface area contributed by atoms with Crippen LogP contribution >= 0.6 is 0 Å². The first-order chi connectivity index (χ1) is 13.8. The number of aromatic nitrogens is 1. The van der Waals surface area contributed by atoms with Crippen molar-refractivity contribution >= 4 is 22.6 Å². The number of halogens is 8. The van der Waals surface area contributed by atoms with Crippen LogP contribution in [0.5, 0.6) is 0 Å². The molecule has 1 aromatic carbocycles. The maximum absolute atomic E-state index is 14.7. The second-order valence-corrected chi connectivity index (χ2v) is 7.15. The highest BCUT2D eigenvalue weighted by Gasteiger charge is 2.38. The van der Waals surface area contributed by atoms with Gasteiger partial charge in [0, 0.05) is 18.0 Å². The molecule has 0 fully saturated rings. The van der Waals surface area contributed by atoms with E-state index in [-0.39, 0.29) is 5.69 Å². The van der Waals surface area contributed by atoms with Gasteiger partial charge in [-0.05, 0) is 19.1 Å². The van der Waals surface area contributed by atoms with Crippen LogP contribution in [0.4, 0.5) is 40.8 Å². The Hall–Kier alpha value is -2.48. The lowest BCUT2D eigenvalue weighted by atomic mass is 10.3. The summed E-state index contributed by atoms with van der Waals surface area (Å²) in [6.45, 7) is -0.647. The van der Waals surface area contributed by atoms with Gasteiger partial charge >= 0.3 is 6.18 Å². The van der Waals surface area contributed by atoms with E-state index >= 15 is 0 Å². The molecule has 2 N–H and O–H groups in total. The number of rotatable bonds is 7. The Morgan fingerprint density at radius 1 is 1.17 bits per heavy atom. The number of nitrogens with one attached hydrogen (secondary N) is 2. The van der Waals surface area contributed by atoms with Gasteiger partial charge in [-0.25, -0.2) is 30.9 Å². The molecule has 1 heterocycles. The second-order valence-electron chi connectivity index (χ2n) is 5.93. The molecule has 1 amide bonds. The first kappa shape index (κ1) is 23.8. The van der Waals surface area contributed by atoms with E-state index in [0.29, 0.717) is 29.8 Å². The first-order valence-corrected chi connectivity index (χ1v) is 9.14. The van der Waals surface area contributed by atoms with Gasteiger partial charge in [-0.3, -0.25) is 4.79 Å². The molecule has 14 heteroatoms. The van der Waals surface area contributed by atoms with E-state index in [1.165, 1.54) is 0 Å². The zero-order valence-corrected chi connectivity index (χ0v) is 15.7. The fraction of sp³-hybridized carbons (Fsp3) is 0.312. The molecular weight excluding hydrogens is 450 g/mol. The fourth-order valence-corrected chi connectivity index (χ4v) is 3.28. The fourth-order valence-electron chi connectivity index (χ4n) is 2.21. The lowest BCUT2D eigenvalue weighted by molar-refractivity contribution is -0.146. The number of hydrogen-bond donors (Lipinski definition) is 2. The van der Waals surface area contributed by atoms with E-state index in [0.717, 1.165) is 6.07 Å². The summed E-state index contributed by atoms with van der Waals surface area (Å²) >= 11 is 0. The Morgan fingerprint density at radius 3 is 2.33 bits per heavy atom. The Morgan fingerprint density at radius 2 is 1.80 bits per heavy atom. The van der Waals surface area contributed by atoms with E-state index in [1.807, 2.05) is 5.32 Å². The standard InChI is InChI=1S/C16H13F8N3O2S/c1-7(16(22,23)24)26-30(29)11-5-27(6-12(19)20)14(13(11)21)15(28)25-8-2-3-9(17)10(18)4-8/h2-5,7,12,26H,6H2,1H3,(H,25,28). The van der Waals surface area contributed by atoms with Gasteiger partial charge in [-0.2, -0.15) is 13.2 Å². The number of amides is 1. The largest absolute Gasteiger partial charge is 0.404 e. The van der Waals surface area contributed by atoms with E-state index in [4.69, 9.17) is 0 Å². The van der Waals surface area contributed by atoms with Crippen LogP contribution in [-0.4, -0.2) is 33.3 Å². The van der Waals surface area contributed by atoms with Gasteiger partial charge in [0.05, 0.1) is 6.54 Å². The number of hydrogen-bond acceptors (Lipinski definition) is 2. The Labute approximate surface area is 166 Å². The normalized spacial score (nSPS) is 14.1. The molecule has 166 valence electrons. The maximum atomic E-state index is 14.7. The van der Waals surface area contributed by atoms with Crippen LogP contribution in [0.2, 0.25) is 0 Å². The highest BCUT2D eigenvalue weighted by atomic mass is 32.2. The molecule has 0 saturated carbocycles. The number of carbonyl (C=O) groups is 1.